The number of hydrogen-bond acceptors (Lipinski definition) is 3. The van der Waals surface area contributed by atoms with Crippen LogP contribution in [-0.2, 0) is 4.74 Å². The van der Waals surface area contributed by atoms with Gasteiger partial charge >= 0.3 is 6.09 Å². The molecule has 0 aliphatic rings. The number of methoxy groups -OCH3 is 1. The smallest absolute Gasteiger partial charge is 0.406 e. The van der Waals surface area contributed by atoms with Gasteiger partial charge in [0, 0.05) is 6.54 Å². The van der Waals surface area contributed by atoms with Crippen LogP contribution < -0.4 is 5.32 Å². The Morgan fingerprint density at radius 3 is 2.80 bits per heavy atom. The standard InChI is InChI=1S/C6H13NO2S/c1-9-6(8)7-4-2-3-5-10/h10H,2-5H2,1H3,(H,7,8). The molecule has 0 rings (SSSR count). The Balaban J connectivity index is 2.96. The number of amides is 1. The molecule has 0 unspecified atom stereocenters. The van der Waals surface area contributed by atoms with Crippen LogP contribution in [0.5, 0.6) is 0 Å². The van der Waals surface area contributed by atoms with Gasteiger partial charge in [0.25, 0.3) is 0 Å². The number of rotatable bonds is 4. The van der Waals surface area contributed by atoms with Crippen molar-refractivity contribution in [2.45, 2.75) is 12.8 Å². The molecule has 0 atom stereocenters. The van der Waals surface area contributed by atoms with E-state index in [1.807, 2.05) is 0 Å². The predicted molar refractivity (Wildman–Crippen MR) is 43.5 cm³/mol. The van der Waals surface area contributed by atoms with Gasteiger partial charge in [-0.3, -0.25) is 0 Å². The van der Waals surface area contributed by atoms with Gasteiger partial charge in [-0.2, -0.15) is 12.6 Å². The largest absolute Gasteiger partial charge is 0.453 e. The predicted octanol–water partition coefficient (Wildman–Crippen LogP) is 1.05. The Hall–Kier alpha value is -0.380. The van der Waals surface area contributed by atoms with Gasteiger partial charge < -0.3 is 10.1 Å². The maximum Gasteiger partial charge on any atom is 0.406 e. The lowest BCUT2D eigenvalue weighted by atomic mass is 10.3. The zero-order valence-corrected chi connectivity index (χ0v) is 6.99. The van der Waals surface area contributed by atoms with Crippen LogP contribution in [0, 0.1) is 0 Å². The molecule has 10 heavy (non-hydrogen) atoms. The Kier molecular flexibility index (Phi) is 6.48. The fraction of sp³-hybridized carbons (Fsp3) is 0.833. The Bertz CT molecular complexity index is 97.7. The maximum absolute atomic E-state index is 10.4. The fourth-order valence-electron chi connectivity index (χ4n) is 0.499. The van der Waals surface area contributed by atoms with E-state index in [9.17, 15) is 4.79 Å². The van der Waals surface area contributed by atoms with Gasteiger partial charge in [-0.1, -0.05) is 0 Å². The lowest BCUT2D eigenvalue weighted by Crippen LogP contribution is -2.23. The molecule has 3 nitrogen and oxygen atoms in total. The van der Waals surface area contributed by atoms with Gasteiger partial charge in [0.15, 0.2) is 0 Å². The molecule has 60 valence electrons. The summed E-state index contributed by atoms with van der Waals surface area (Å²) in [6.45, 7) is 0.674. The van der Waals surface area contributed by atoms with Crippen molar-refractivity contribution in [1.29, 1.82) is 0 Å². The number of hydrogen-bond donors (Lipinski definition) is 2. The number of thiol groups is 1. The van der Waals surface area contributed by atoms with Crippen LogP contribution in [0.15, 0.2) is 0 Å². The molecule has 0 radical (unpaired) electrons. The fourth-order valence-corrected chi connectivity index (χ4v) is 0.723. The number of carbonyl (C=O) groups is 1. The van der Waals surface area contributed by atoms with E-state index in [1.54, 1.807) is 0 Å². The third kappa shape index (κ3) is 5.75. The van der Waals surface area contributed by atoms with Crippen LogP contribution in [0.1, 0.15) is 12.8 Å². The van der Waals surface area contributed by atoms with E-state index in [4.69, 9.17) is 0 Å². The van der Waals surface area contributed by atoms with Crippen LogP contribution in [-0.4, -0.2) is 25.5 Å². The molecule has 0 saturated heterocycles. The molecule has 0 aliphatic carbocycles. The zero-order chi connectivity index (χ0) is 7.82. The molecule has 0 aromatic carbocycles. The molecular weight excluding hydrogens is 150 g/mol. The van der Waals surface area contributed by atoms with Gasteiger partial charge in [-0.05, 0) is 18.6 Å². The summed E-state index contributed by atoms with van der Waals surface area (Å²) in [6, 6.07) is 0. The Morgan fingerprint density at radius 2 is 2.30 bits per heavy atom. The summed E-state index contributed by atoms with van der Waals surface area (Å²) in [7, 11) is 1.36. The third-order valence-electron chi connectivity index (χ3n) is 1.04. The molecule has 0 aromatic rings. The Morgan fingerprint density at radius 1 is 1.60 bits per heavy atom. The topological polar surface area (TPSA) is 38.3 Å². The Labute approximate surface area is 66.5 Å². The lowest BCUT2D eigenvalue weighted by Gasteiger charge is -2.00. The highest BCUT2D eigenvalue weighted by atomic mass is 32.1. The van der Waals surface area contributed by atoms with Crippen molar-refractivity contribution >= 4 is 18.7 Å². The quantitative estimate of drug-likeness (QED) is 0.480. The summed E-state index contributed by atoms with van der Waals surface area (Å²) in [5.74, 6) is 0.864. The van der Waals surface area contributed by atoms with E-state index in [0.717, 1.165) is 18.6 Å². The third-order valence-corrected chi connectivity index (χ3v) is 1.36. The van der Waals surface area contributed by atoms with Crippen LogP contribution in [0.25, 0.3) is 0 Å². The minimum absolute atomic E-state index is 0.362. The second-order valence-electron chi connectivity index (χ2n) is 1.85. The number of unbranched alkanes of at least 4 members (excludes halogenated alkanes) is 1. The van der Waals surface area contributed by atoms with Crippen LogP contribution in [0.2, 0.25) is 0 Å². The highest BCUT2D eigenvalue weighted by molar-refractivity contribution is 7.80. The van der Waals surface area contributed by atoms with E-state index in [0.29, 0.717) is 6.54 Å². The highest BCUT2D eigenvalue weighted by Gasteiger charge is 1.94. The second-order valence-corrected chi connectivity index (χ2v) is 2.30. The van der Waals surface area contributed by atoms with Gasteiger partial charge in [-0.25, -0.2) is 4.79 Å². The molecule has 0 fully saturated rings. The molecule has 0 spiro atoms. The number of carbonyl (C=O) groups excluding carboxylic acids is 1. The van der Waals surface area contributed by atoms with Crippen molar-refractivity contribution in [2.75, 3.05) is 19.4 Å². The van der Waals surface area contributed by atoms with Crippen molar-refractivity contribution in [3.05, 3.63) is 0 Å². The first-order chi connectivity index (χ1) is 4.81. The van der Waals surface area contributed by atoms with E-state index < -0.39 is 0 Å². The summed E-state index contributed by atoms with van der Waals surface area (Å²) < 4.78 is 4.36. The van der Waals surface area contributed by atoms with Crippen LogP contribution in [0.3, 0.4) is 0 Å². The van der Waals surface area contributed by atoms with E-state index in [-0.39, 0.29) is 6.09 Å². The molecule has 0 aromatic heterocycles. The normalized spacial score (nSPS) is 9.00. The SMILES string of the molecule is COC(=O)NCCCCS. The maximum atomic E-state index is 10.4. The van der Waals surface area contributed by atoms with Gasteiger partial charge in [0.05, 0.1) is 7.11 Å². The molecule has 0 aliphatic heterocycles. The minimum Gasteiger partial charge on any atom is -0.453 e. The van der Waals surface area contributed by atoms with Crippen molar-refractivity contribution in [2.24, 2.45) is 0 Å². The average molecular weight is 163 g/mol. The van der Waals surface area contributed by atoms with Crippen molar-refractivity contribution in [3.63, 3.8) is 0 Å². The van der Waals surface area contributed by atoms with E-state index in [2.05, 4.69) is 22.7 Å². The summed E-state index contributed by atoms with van der Waals surface area (Å²) in [6.07, 6.45) is 1.62. The molecule has 0 bridgehead atoms. The number of alkyl carbamates (subject to hydrolysis) is 1. The number of ether oxygens (including phenoxy) is 1. The molecular formula is C6H13NO2S. The molecule has 1 amide bonds. The van der Waals surface area contributed by atoms with Crippen molar-refractivity contribution in [1.82, 2.24) is 5.32 Å². The highest BCUT2D eigenvalue weighted by Crippen LogP contribution is 1.88. The van der Waals surface area contributed by atoms with Crippen molar-refractivity contribution in [3.8, 4) is 0 Å². The first-order valence-corrected chi connectivity index (χ1v) is 3.87. The monoisotopic (exact) mass is 163 g/mol. The second kappa shape index (κ2) is 6.74. The summed E-state index contributed by atoms with van der Waals surface area (Å²) in [4.78, 5) is 10.4. The van der Waals surface area contributed by atoms with Crippen LogP contribution in [0.4, 0.5) is 4.79 Å². The molecule has 4 heteroatoms. The van der Waals surface area contributed by atoms with Gasteiger partial charge in [-0.15, -0.1) is 0 Å². The molecule has 0 saturated carbocycles. The number of nitrogens with one attached hydrogen (secondary N) is 1. The summed E-state index contributed by atoms with van der Waals surface area (Å²) in [5, 5.41) is 2.57. The van der Waals surface area contributed by atoms with E-state index in [1.165, 1.54) is 7.11 Å². The van der Waals surface area contributed by atoms with Crippen molar-refractivity contribution < 1.29 is 9.53 Å². The first-order valence-electron chi connectivity index (χ1n) is 3.24. The summed E-state index contributed by atoms with van der Waals surface area (Å²) in [5.41, 5.74) is 0. The van der Waals surface area contributed by atoms with Crippen LogP contribution >= 0.6 is 12.6 Å². The molecule has 0 heterocycles. The first kappa shape index (κ1) is 9.62. The minimum atomic E-state index is -0.362. The van der Waals surface area contributed by atoms with E-state index >= 15 is 0 Å². The summed E-state index contributed by atoms with van der Waals surface area (Å²) >= 11 is 4.02. The van der Waals surface area contributed by atoms with Gasteiger partial charge in [0.1, 0.15) is 0 Å². The lowest BCUT2D eigenvalue weighted by molar-refractivity contribution is 0.171. The molecule has 1 N–H and O–H groups in total. The zero-order valence-electron chi connectivity index (χ0n) is 6.09. The average Bonchev–Trinajstić information content (AvgIpc) is 1.98. The van der Waals surface area contributed by atoms with Gasteiger partial charge in [0.2, 0.25) is 0 Å².